The molecule has 1 rings (SSSR count). The Morgan fingerprint density at radius 1 is 1.50 bits per heavy atom. The fourth-order valence-corrected chi connectivity index (χ4v) is 1.72. The van der Waals surface area contributed by atoms with Gasteiger partial charge in [0.2, 0.25) is 0 Å². The van der Waals surface area contributed by atoms with Gasteiger partial charge in [0.1, 0.15) is 0 Å². The summed E-state index contributed by atoms with van der Waals surface area (Å²) in [5.74, 6) is 2.52. The van der Waals surface area contributed by atoms with Gasteiger partial charge in [-0.2, -0.15) is 0 Å². The highest BCUT2D eigenvalue weighted by atomic mass is 32.1. The molecule has 0 aromatic carbocycles. The Balaban J connectivity index is 1.88. The highest BCUT2D eigenvalue weighted by Gasteiger charge is 1.93. The summed E-state index contributed by atoms with van der Waals surface area (Å²) in [6.45, 7) is 2.97. The number of hydrogen-bond donors (Lipinski definition) is 1. The van der Waals surface area contributed by atoms with Gasteiger partial charge in [-0.05, 0) is 11.4 Å². The maximum absolute atomic E-state index is 5.43. The molecule has 0 aliphatic heterocycles. The smallest absolute Gasteiger partial charge is 0.0591 e. The van der Waals surface area contributed by atoms with Crippen molar-refractivity contribution in [3.63, 3.8) is 0 Å². The van der Waals surface area contributed by atoms with Crippen LogP contribution in [-0.2, 0) is 11.2 Å². The van der Waals surface area contributed by atoms with Crippen LogP contribution in [0.3, 0.4) is 0 Å². The molecule has 0 fully saturated rings. The van der Waals surface area contributed by atoms with Gasteiger partial charge in [-0.1, -0.05) is 12.0 Å². The molecule has 1 N–H and O–H groups in total. The summed E-state index contributed by atoms with van der Waals surface area (Å²) in [6, 6.07) is 4.19. The zero-order valence-electron chi connectivity index (χ0n) is 8.16. The Morgan fingerprint density at radius 2 is 2.43 bits per heavy atom. The molecule has 0 radical (unpaired) electrons. The van der Waals surface area contributed by atoms with Crippen LogP contribution in [0.4, 0.5) is 0 Å². The van der Waals surface area contributed by atoms with Gasteiger partial charge in [-0.25, -0.2) is 0 Å². The van der Waals surface area contributed by atoms with Crippen LogP contribution < -0.4 is 5.32 Å². The standard InChI is InChI=1S/C11H15NOS/c1-2-6-12-7-9-13-8-5-11-4-3-10-14-11/h1,3-4,10,12H,5-9H2. The lowest BCUT2D eigenvalue weighted by molar-refractivity contribution is 0.140. The van der Waals surface area contributed by atoms with E-state index < -0.39 is 0 Å². The summed E-state index contributed by atoms with van der Waals surface area (Å²) in [5.41, 5.74) is 0. The second-order valence-electron chi connectivity index (χ2n) is 2.82. The van der Waals surface area contributed by atoms with E-state index >= 15 is 0 Å². The first-order valence-electron chi connectivity index (χ1n) is 4.68. The first-order valence-corrected chi connectivity index (χ1v) is 5.56. The van der Waals surface area contributed by atoms with E-state index in [-0.39, 0.29) is 0 Å². The lowest BCUT2D eigenvalue weighted by Crippen LogP contribution is -2.20. The van der Waals surface area contributed by atoms with Crippen LogP contribution in [0.15, 0.2) is 17.5 Å². The maximum Gasteiger partial charge on any atom is 0.0591 e. The third-order valence-corrected chi connectivity index (χ3v) is 2.66. The summed E-state index contributed by atoms with van der Waals surface area (Å²) < 4.78 is 5.43. The molecule has 0 spiro atoms. The molecule has 1 heterocycles. The number of nitrogens with one attached hydrogen (secondary N) is 1. The minimum Gasteiger partial charge on any atom is -0.380 e. The molecule has 2 nitrogen and oxygen atoms in total. The SMILES string of the molecule is C#CCNCCOCCc1cccs1. The molecule has 0 aliphatic rings. The summed E-state index contributed by atoms with van der Waals surface area (Å²) >= 11 is 1.77. The quantitative estimate of drug-likeness (QED) is 0.543. The molecule has 1 aromatic rings. The lowest BCUT2D eigenvalue weighted by atomic mass is 10.4. The maximum atomic E-state index is 5.43. The predicted octanol–water partition coefficient (Wildman–Crippen LogP) is 1.53. The van der Waals surface area contributed by atoms with Crippen LogP contribution in [0.5, 0.6) is 0 Å². The van der Waals surface area contributed by atoms with Crippen molar-refractivity contribution in [2.45, 2.75) is 6.42 Å². The molecular weight excluding hydrogens is 194 g/mol. The van der Waals surface area contributed by atoms with Gasteiger partial charge in [0.25, 0.3) is 0 Å². The van der Waals surface area contributed by atoms with E-state index in [1.54, 1.807) is 11.3 Å². The molecule has 0 unspecified atom stereocenters. The number of thiophene rings is 1. The number of terminal acetylenes is 1. The van der Waals surface area contributed by atoms with Crippen molar-refractivity contribution in [3.8, 4) is 12.3 Å². The van der Waals surface area contributed by atoms with Gasteiger partial charge in [-0.15, -0.1) is 17.8 Å². The molecule has 14 heavy (non-hydrogen) atoms. The van der Waals surface area contributed by atoms with E-state index in [0.717, 1.165) is 26.2 Å². The van der Waals surface area contributed by atoms with Crippen molar-refractivity contribution in [1.29, 1.82) is 0 Å². The fourth-order valence-electron chi connectivity index (χ4n) is 1.03. The van der Waals surface area contributed by atoms with Gasteiger partial charge in [0.05, 0.1) is 19.8 Å². The van der Waals surface area contributed by atoms with Crippen LogP contribution in [0.1, 0.15) is 4.88 Å². The van der Waals surface area contributed by atoms with Gasteiger partial charge < -0.3 is 10.1 Å². The molecule has 1 aromatic heterocycles. The summed E-state index contributed by atoms with van der Waals surface area (Å²) in [5, 5.41) is 5.16. The molecule has 0 saturated carbocycles. The molecule has 76 valence electrons. The average molecular weight is 209 g/mol. The second-order valence-corrected chi connectivity index (χ2v) is 3.85. The predicted molar refractivity (Wildman–Crippen MR) is 60.5 cm³/mol. The van der Waals surface area contributed by atoms with Crippen molar-refractivity contribution in [2.75, 3.05) is 26.3 Å². The molecule has 3 heteroatoms. The number of ether oxygens (including phenoxy) is 1. The third-order valence-electron chi connectivity index (χ3n) is 1.72. The van der Waals surface area contributed by atoms with Crippen LogP contribution >= 0.6 is 11.3 Å². The van der Waals surface area contributed by atoms with Gasteiger partial charge in [-0.3, -0.25) is 0 Å². The Bertz CT molecular complexity index is 263. The van der Waals surface area contributed by atoms with Crippen molar-refractivity contribution in [3.05, 3.63) is 22.4 Å². The van der Waals surface area contributed by atoms with Crippen molar-refractivity contribution < 1.29 is 4.74 Å². The summed E-state index contributed by atoms with van der Waals surface area (Å²) in [7, 11) is 0. The molecule has 0 atom stereocenters. The zero-order valence-corrected chi connectivity index (χ0v) is 8.98. The van der Waals surface area contributed by atoms with Crippen molar-refractivity contribution >= 4 is 11.3 Å². The van der Waals surface area contributed by atoms with Crippen LogP contribution in [0.25, 0.3) is 0 Å². The van der Waals surface area contributed by atoms with E-state index in [0.29, 0.717) is 6.54 Å². The topological polar surface area (TPSA) is 21.3 Å². The zero-order chi connectivity index (χ0) is 10.1. The minimum absolute atomic E-state index is 0.619. The van der Waals surface area contributed by atoms with Crippen LogP contribution in [0, 0.1) is 12.3 Å². The van der Waals surface area contributed by atoms with Crippen LogP contribution in [0.2, 0.25) is 0 Å². The van der Waals surface area contributed by atoms with E-state index in [4.69, 9.17) is 11.2 Å². The molecule has 0 aliphatic carbocycles. The number of rotatable bonds is 7. The van der Waals surface area contributed by atoms with Crippen molar-refractivity contribution in [2.24, 2.45) is 0 Å². The largest absolute Gasteiger partial charge is 0.380 e. The first-order chi connectivity index (χ1) is 6.93. The highest BCUT2D eigenvalue weighted by Crippen LogP contribution is 2.08. The third kappa shape index (κ3) is 5.03. The highest BCUT2D eigenvalue weighted by molar-refractivity contribution is 7.09. The minimum atomic E-state index is 0.619. The Morgan fingerprint density at radius 3 is 3.14 bits per heavy atom. The fraction of sp³-hybridized carbons (Fsp3) is 0.455. The van der Waals surface area contributed by atoms with Crippen LogP contribution in [-0.4, -0.2) is 26.3 Å². The van der Waals surface area contributed by atoms with E-state index in [2.05, 4.69) is 28.8 Å². The van der Waals surface area contributed by atoms with Gasteiger partial charge >= 0.3 is 0 Å². The normalized spacial score (nSPS) is 9.93. The molecular formula is C11H15NOS. The lowest BCUT2D eigenvalue weighted by Gasteiger charge is -2.02. The molecule has 0 bridgehead atoms. The summed E-state index contributed by atoms with van der Waals surface area (Å²) in [4.78, 5) is 1.38. The molecule has 0 amide bonds. The Labute approximate surface area is 89.3 Å². The van der Waals surface area contributed by atoms with Gasteiger partial charge in [0.15, 0.2) is 0 Å². The monoisotopic (exact) mass is 209 g/mol. The first kappa shape index (κ1) is 11.3. The van der Waals surface area contributed by atoms with Crippen molar-refractivity contribution in [1.82, 2.24) is 5.32 Å². The summed E-state index contributed by atoms with van der Waals surface area (Å²) in [6.07, 6.45) is 6.09. The Kier molecular flexibility index (Phi) is 6.09. The van der Waals surface area contributed by atoms with Gasteiger partial charge in [0, 0.05) is 17.8 Å². The average Bonchev–Trinajstić information content (AvgIpc) is 2.69. The Hall–Kier alpha value is -0.820. The van der Waals surface area contributed by atoms with E-state index in [1.807, 2.05) is 0 Å². The van der Waals surface area contributed by atoms with E-state index in [9.17, 15) is 0 Å². The second kappa shape index (κ2) is 7.57. The van der Waals surface area contributed by atoms with E-state index in [1.165, 1.54) is 4.88 Å². The molecule has 0 saturated heterocycles. The number of hydrogen-bond acceptors (Lipinski definition) is 3.